The molecule has 0 spiro atoms. The molecular weight excluding hydrogens is 256 g/mol. The van der Waals surface area contributed by atoms with Crippen LogP contribution in [0.1, 0.15) is 43.0 Å². The van der Waals surface area contributed by atoms with Crippen molar-refractivity contribution in [1.82, 2.24) is 10.3 Å². The molecule has 1 heterocycles. The largest absolute Gasteiger partial charge is 0.452 e. The van der Waals surface area contributed by atoms with Gasteiger partial charge < -0.3 is 10.1 Å². The molecule has 1 N–H and O–H groups in total. The number of carbonyl (C=O) groups excluding carboxylic acids is 2. The fourth-order valence-corrected chi connectivity index (χ4v) is 2.48. The van der Waals surface area contributed by atoms with Gasteiger partial charge in [0.25, 0.3) is 5.91 Å². The van der Waals surface area contributed by atoms with Crippen LogP contribution in [-0.4, -0.2) is 29.5 Å². The molecular formula is C15H20N2O3. The lowest BCUT2D eigenvalue weighted by Crippen LogP contribution is -2.42. The number of nitrogens with zero attached hydrogens (tertiary/aromatic N) is 1. The quantitative estimate of drug-likeness (QED) is 0.853. The van der Waals surface area contributed by atoms with E-state index in [1.54, 1.807) is 12.1 Å². The van der Waals surface area contributed by atoms with Crippen molar-refractivity contribution in [3.63, 3.8) is 0 Å². The molecule has 1 amide bonds. The lowest BCUT2D eigenvalue weighted by molar-refractivity contribution is -0.125. The molecule has 1 aliphatic rings. The maximum absolute atomic E-state index is 11.8. The zero-order valence-corrected chi connectivity index (χ0v) is 11.7. The number of rotatable bonds is 4. The zero-order valence-electron chi connectivity index (χ0n) is 11.7. The van der Waals surface area contributed by atoms with Crippen LogP contribution in [0.5, 0.6) is 0 Å². The third-order valence-electron chi connectivity index (χ3n) is 3.71. The molecule has 1 aromatic heterocycles. The number of aromatic nitrogens is 1. The first kappa shape index (κ1) is 14.5. The number of esters is 1. The second kappa shape index (κ2) is 7.03. The van der Waals surface area contributed by atoms with Gasteiger partial charge in [-0.3, -0.25) is 9.78 Å². The van der Waals surface area contributed by atoms with Gasteiger partial charge in [-0.2, -0.15) is 0 Å². The smallest absolute Gasteiger partial charge is 0.338 e. The minimum absolute atomic E-state index is 0.205. The summed E-state index contributed by atoms with van der Waals surface area (Å²) in [5, 5.41) is 2.95. The first-order chi connectivity index (χ1) is 9.66. The second-order valence-electron chi connectivity index (χ2n) is 5.25. The summed E-state index contributed by atoms with van der Waals surface area (Å²) in [7, 11) is 0. The molecule has 0 radical (unpaired) electrons. The minimum atomic E-state index is -0.501. The number of nitrogens with one attached hydrogen (secondary N) is 1. The highest BCUT2D eigenvalue weighted by molar-refractivity contribution is 5.91. The molecule has 108 valence electrons. The Hall–Kier alpha value is -1.91. The van der Waals surface area contributed by atoms with Crippen molar-refractivity contribution in [2.45, 2.75) is 38.6 Å². The van der Waals surface area contributed by atoms with Gasteiger partial charge >= 0.3 is 5.97 Å². The van der Waals surface area contributed by atoms with E-state index in [1.807, 2.05) is 0 Å². The second-order valence-corrected chi connectivity index (χ2v) is 5.25. The number of ether oxygens (including phenoxy) is 1. The summed E-state index contributed by atoms with van der Waals surface area (Å²) in [6, 6.07) is 3.32. The lowest BCUT2D eigenvalue weighted by atomic mass is 9.86. The van der Waals surface area contributed by atoms with Crippen molar-refractivity contribution >= 4 is 11.9 Å². The summed E-state index contributed by atoms with van der Waals surface area (Å²) >= 11 is 0. The Morgan fingerprint density at radius 1 is 1.30 bits per heavy atom. The van der Waals surface area contributed by atoms with Crippen molar-refractivity contribution in [1.29, 1.82) is 0 Å². The average molecular weight is 276 g/mol. The van der Waals surface area contributed by atoms with E-state index in [0.29, 0.717) is 11.5 Å². The average Bonchev–Trinajstić information content (AvgIpc) is 2.48. The van der Waals surface area contributed by atoms with Crippen LogP contribution in [0.2, 0.25) is 0 Å². The molecule has 2 atom stereocenters. The normalized spacial score (nSPS) is 22.1. The van der Waals surface area contributed by atoms with E-state index in [-0.39, 0.29) is 18.6 Å². The Balaban J connectivity index is 1.76. The SMILES string of the molecule is C[C@@H]1CCCC[C@@H]1NC(=O)COC(=O)c1ccncc1. The van der Waals surface area contributed by atoms with Crippen molar-refractivity contribution in [2.75, 3.05) is 6.61 Å². The number of pyridine rings is 1. The molecule has 0 aromatic carbocycles. The standard InChI is InChI=1S/C15H20N2O3/c1-11-4-2-3-5-13(11)17-14(18)10-20-15(19)12-6-8-16-9-7-12/h6-9,11,13H,2-5,10H2,1H3,(H,17,18)/t11-,13+/m1/s1. The van der Waals surface area contributed by atoms with Gasteiger partial charge in [0.15, 0.2) is 6.61 Å². The minimum Gasteiger partial charge on any atom is -0.452 e. The Labute approximate surface area is 118 Å². The third kappa shape index (κ3) is 4.05. The number of hydrogen-bond acceptors (Lipinski definition) is 4. The van der Waals surface area contributed by atoms with E-state index in [2.05, 4.69) is 17.2 Å². The highest BCUT2D eigenvalue weighted by Crippen LogP contribution is 2.23. The summed E-state index contributed by atoms with van der Waals surface area (Å²) < 4.78 is 4.99. The van der Waals surface area contributed by atoms with Crippen LogP contribution in [0.15, 0.2) is 24.5 Å². The van der Waals surface area contributed by atoms with Gasteiger partial charge in [0.2, 0.25) is 0 Å². The van der Waals surface area contributed by atoms with Gasteiger partial charge in [-0.15, -0.1) is 0 Å². The Morgan fingerprint density at radius 3 is 2.70 bits per heavy atom. The van der Waals surface area contributed by atoms with Gasteiger partial charge in [-0.05, 0) is 30.9 Å². The van der Waals surface area contributed by atoms with Crippen molar-refractivity contribution in [3.8, 4) is 0 Å². The topological polar surface area (TPSA) is 68.3 Å². The molecule has 1 aromatic rings. The van der Waals surface area contributed by atoms with Crippen molar-refractivity contribution in [3.05, 3.63) is 30.1 Å². The molecule has 0 saturated heterocycles. The molecule has 5 nitrogen and oxygen atoms in total. The highest BCUT2D eigenvalue weighted by atomic mass is 16.5. The molecule has 0 bridgehead atoms. The zero-order chi connectivity index (χ0) is 14.4. The van der Waals surface area contributed by atoms with Crippen LogP contribution in [-0.2, 0) is 9.53 Å². The van der Waals surface area contributed by atoms with Crippen LogP contribution < -0.4 is 5.32 Å². The van der Waals surface area contributed by atoms with Gasteiger partial charge in [-0.1, -0.05) is 19.8 Å². The van der Waals surface area contributed by atoms with Crippen LogP contribution in [0.3, 0.4) is 0 Å². The lowest BCUT2D eigenvalue weighted by Gasteiger charge is -2.29. The first-order valence-electron chi connectivity index (χ1n) is 7.03. The maximum Gasteiger partial charge on any atom is 0.338 e. The van der Waals surface area contributed by atoms with E-state index in [1.165, 1.54) is 18.8 Å². The van der Waals surface area contributed by atoms with E-state index in [0.717, 1.165) is 19.3 Å². The van der Waals surface area contributed by atoms with Gasteiger partial charge in [-0.25, -0.2) is 4.79 Å². The first-order valence-corrected chi connectivity index (χ1v) is 7.03. The summed E-state index contributed by atoms with van der Waals surface area (Å²) in [6.07, 6.45) is 7.55. The summed E-state index contributed by atoms with van der Waals surface area (Å²) in [5.74, 6) is -0.242. The van der Waals surface area contributed by atoms with Gasteiger partial charge in [0.05, 0.1) is 5.56 Å². The summed E-state index contributed by atoms with van der Waals surface area (Å²) in [5.41, 5.74) is 0.402. The van der Waals surface area contributed by atoms with Gasteiger partial charge in [0, 0.05) is 18.4 Å². The van der Waals surface area contributed by atoms with Crippen LogP contribution >= 0.6 is 0 Å². The molecule has 1 fully saturated rings. The van der Waals surface area contributed by atoms with E-state index in [4.69, 9.17) is 4.74 Å². The predicted octanol–water partition coefficient (Wildman–Crippen LogP) is 1.93. The van der Waals surface area contributed by atoms with E-state index >= 15 is 0 Å². The van der Waals surface area contributed by atoms with Crippen molar-refractivity contribution in [2.24, 2.45) is 5.92 Å². The van der Waals surface area contributed by atoms with Crippen molar-refractivity contribution < 1.29 is 14.3 Å². The molecule has 2 rings (SSSR count). The van der Waals surface area contributed by atoms with E-state index < -0.39 is 5.97 Å². The number of hydrogen-bond donors (Lipinski definition) is 1. The molecule has 1 saturated carbocycles. The molecule has 1 aliphatic carbocycles. The Kier molecular flexibility index (Phi) is 5.09. The Bertz CT molecular complexity index is 461. The summed E-state index contributed by atoms with van der Waals surface area (Å²) in [6.45, 7) is 1.91. The van der Waals surface area contributed by atoms with Crippen LogP contribution in [0.25, 0.3) is 0 Å². The molecule has 0 unspecified atom stereocenters. The number of amides is 1. The predicted molar refractivity (Wildman–Crippen MR) is 74.1 cm³/mol. The third-order valence-corrected chi connectivity index (χ3v) is 3.71. The molecule has 5 heteroatoms. The summed E-state index contributed by atoms with van der Waals surface area (Å²) in [4.78, 5) is 27.3. The molecule has 0 aliphatic heterocycles. The Morgan fingerprint density at radius 2 is 2.00 bits per heavy atom. The fraction of sp³-hybridized carbons (Fsp3) is 0.533. The van der Waals surface area contributed by atoms with E-state index in [9.17, 15) is 9.59 Å². The molecule has 20 heavy (non-hydrogen) atoms. The fourth-order valence-electron chi connectivity index (χ4n) is 2.48. The van der Waals surface area contributed by atoms with Crippen LogP contribution in [0.4, 0.5) is 0 Å². The number of carbonyl (C=O) groups is 2. The van der Waals surface area contributed by atoms with Gasteiger partial charge in [0.1, 0.15) is 0 Å². The van der Waals surface area contributed by atoms with Crippen LogP contribution in [0, 0.1) is 5.92 Å². The monoisotopic (exact) mass is 276 g/mol. The maximum atomic E-state index is 11.8. The highest BCUT2D eigenvalue weighted by Gasteiger charge is 2.23.